The average molecular weight is 356 g/mol. The number of aliphatic carboxylic acids is 1. The van der Waals surface area contributed by atoms with Crippen LogP contribution in [0.4, 0.5) is 0 Å². The number of carboxylic acids is 1. The minimum absolute atomic E-state index is 0.228. The minimum Gasteiger partial charge on any atom is -0.479 e. The van der Waals surface area contributed by atoms with Gasteiger partial charge in [-0.25, -0.2) is 4.79 Å². The molecule has 1 fully saturated rings. The van der Waals surface area contributed by atoms with Gasteiger partial charge in [-0.05, 0) is 23.3 Å². The number of carbonyl (C=O) groups excluding carboxylic acids is 1. The van der Waals surface area contributed by atoms with E-state index in [9.17, 15) is 14.7 Å². The molecule has 1 aliphatic rings. The summed E-state index contributed by atoms with van der Waals surface area (Å²) in [6.07, 6.45) is 4.92. The van der Waals surface area contributed by atoms with Crippen LogP contribution in [0.2, 0.25) is 0 Å². The highest BCUT2D eigenvalue weighted by Crippen LogP contribution is 2.38. The highest BCUT2D eigenvalue weighted by atomic mass is 32.2. The van der Waals surface area contributed by atoms with Crippen molar-refractivity contribution < 1.29 is 14.7 Å². The van der Waals surface area contributed by atoms with Crippen LogP contribution in [0, 0.1) is 0 Å². The molecule has 3 rings (SSSR count). The minimum atomic E-state index is -1.14. The van der Waals surface area contributed by atoms with Gasteiger partial charge in [0.05, 0.1) is 4.91 Å². The quantitative estimate of drug-likeness (QED) is 0.670. The van der Waals surface area contributed by atoms with Crippen LogP contribution in [0.3, 0.4) is 0 Å². The smallest absolute Gasteiger partial charge is 0.331 e. The Bertz CT molecular complexity index is 822. The Balaban J connectivity index is 1.96. The number of nitrogens with zero attached hydrogens (tertiary/aromatic N) is 2. The van der Waals surface area contributed by atoms with Crippen molar-refractivity contribution in [2.75, 3.05) is 0 Å². The van der Waals surface area contributed by atoms with Gasteiger partial charge in [0.1, 0.15) is 4.32 Å². The van der Waals surface area contributed by atoms with E-state index < -0.39 is 17.9 Å². The molecule has 0 bridgehead atoms. The predicted molar refractivity (Wildman–Crippen MR) is 96.1 cm³/mol. The first kappa shape index (κ1) is 16.4. The molecule has 0 aliphatic carbocycles. The summed E-state index contributed by atoms with van der Waals surface area (Å²) in [5, 5.41) is 9.61. The van der Waals surface area contributed by atoms with E-state index in [1.54, 1.807) is 54.9 Å². The Kier molecular flexibility index (Phi) is 4.73. The molecule has 1 amide bonds. The Morgan fingerprint density at radius 3 is 2.62 bits per heavy atom. The number of hydrogen-bond acceptors (Lipinski definition) is 5. The largest absolute Gasteiger partial charge is 0.479 e. The van der Waals surface area contributed by atoms with E-state index in [1.165, 1.54) is 0 Å². The highest BCUT2D eigenvalue weighted by molar-refractivity contribution is 8.26. The van der Waals surface area contributed by atoms with Gasteiger partial charge in [0.2, 0.25) is 0 Å². The summed E-state index contributed by atoms with van der Waals surface area (Å²) in [7, 11) is 0. The van der Waals surface area contributed by atoms with Crippen molar-refractivity contribution in [1.82, 2.24) is 9.88 Å². The number of pyridine rings is 1. The topological polar surface area (TPSA) is 70.5 Å². The van der Waals surface area contributed by atoms with Gasteiger partial charge in [-0.2, -0.15) is 0 Å². The fraction of sp³-hybridized carbons (Fsp3) is 0.0588. The van der Waals surface area contributed by atoms with E-state index in [4.69, 9.17) is 12.2 Å². The monoisotopic (exact) mass is 356 g/mol. The van der Waals surface area contributed by atoms with Gasteiger partial charge >= 0.3 is 5.97 Å². The van der Waals surface area contributed by atoms with Gasteiger partial charge in [-0.1, -0.05) is 60.4 Å². The lowest BCUT2D eigenvalue weighted by Crippen LogP contribution is -2.37. The van der Waals surface area contributed by atoms with E-state index in [0.717, 1.165) is 22.2 Å². The normalized spacial score (nSPS) is 17.3. The van der Waals surface area contributed by atoms with Gasteiger partial charge < -0.3 is 5.11 Å². The van der Waals surface area contributed by atoms with Crippen molar-refractivity contribution in [3.8, 4) is 0 Å². The fourth-order valence-electron chi connectivity index (χ4n) is 2.35. The molecule has 0 saturated carbocycles. The number of rotatable bonds is 4. The van der Waals surface area contributed by atoms with E-state index in [1.807, 2.05) is 6.07 Å². The number of aromatic nitrogens is 1. The maximum atomic E-state index is 12.7. The number of thiocarbonyl (C=S) groups is 1. The van der Waals surface area contributed by atoms with Crippen LogP contribution in [-0.2, 0) is 9.59 Å². The molecule has 2 heterocycles. The Labute approximate surface area is 148 Å². The Morgan fingerprint density at radius 2 is 2.00 bits per heavy atom. The van der Waals surface area contributed by atoms with Crippen LogP contribution in [0.25, 0.3) is 6.08 Å². The first-order chi connectivity index (χ1) is 11.6. The first-order valence-corrected chi connectivity index (χ1v) is 8.25. The molecular weight excluding hydrogens is 344 g/mol. The molecule has 1 atom stereocenters. The fourth-order valence-corrected chi connectivity index (χ4v) is 3.67. The predicted octanol–water partition coefficient (Wildman–Crippen LogP) is 3.11. The molecule has 1 aromatic heterocycles. The number of carboxylic acid groups (broad SMARTS) is 1. The van der Waals surface area contributed by atoms with Gasteiger partial charge in [-0.3, -0.25) is 14.7 Å². The molecule has 0 spiro atoms. The summed E-state index contributed by atoms with van der Waals surface area (Å²) in [5.41, 5.74) is 1.26. The number of amides is 1. The summed E-state index contributed by atoms with van der Waals surface area (Å²) in [5.74, 6) is -1.54. The lowest BCUT2D eigenvalue weighted by atomic mass is 10.1. The molecule has 1 N–H and O–H groups in total. The molecule has 7 heteroatoms. The molecule has 120 valence electrons. The van der Waals surface area contributed by atoms with Crippen molar-refractivity contribution in [3.63, 3.8) is 0 Å². The third-order valence-corrected chi connectivity index (χ3v) is 4.74. The second-order valence-electron chi connectivity index (χ2n) is 4.99. The zero-order valence-electron chi connectivity index (χ0n) is 12.3. The van der Waals surface area contributed by atoms with Crippen molar-refractivity contribution >= 4 is 46.3 Å². The first-order valence-electron chi connectivity index (χ1n) is 7.03. The van der Waals surface area contributed by atoms with Crippen molar-refractivity contribution in [1.29, 1.82) is 0 Å². The van der Waals surface area contributed by atoms with Gasteiger partial charge in [0.25, 0.3) is 5.91 Å². The van der Waals surface area contributed by atoms with E-state index >= 15 is 0 Å². The molecule has 5 nitrogen and oxygen atoms in total. The molecule has 24 heavy (non-hydrogen) atoms. The highest BCUT2D eigenvalue weighted by Gasteiger charge is 2.41. The van der Waals surface area contributed by atoms with Gasteiger partial charge in [0.15, 0.2) is 6.04 Å². The summed E-state index contributed by atoms with van der Waals surface area (Å²) >= 11 is 6.35. The van der Waals surface area contributed by atoms with Crippen molar-refractivity contribution in [2.45, 2.75) is 6.04 Å². The van der Waals surface area contributed by atoms with Gasteiger partial charge in [-0.15, -0.1) is 0 Å². The van der Waals surface area contributed by atoms with E-state index in [-0.39, 0.29) is 4.32 Å². The maximum Gasteiger partial charge on any atom is 0.331 e. The van der Waals surface area contributed by atoms with Crippen LogP contribution in [0.5, 0.6) is 0 Å². The number of thioether (sulfide) groups is 1. The number of hydrogen-bond donors (Lipinski definition) is 1. The molecule has 1 saturated heterocycles. The summed E-state index contributed by atoms with van der Waals surface area (Å²) < 4.78 is 0.228. The SMILES string of the molecule is O=C(O)[C@H](c1ccccc1)N1C(=O)/C(=C/c2cccnc2)SC1=S. The summed E-state index contributed by atoms with van der Waals surface area (Å²) in [4.78, 5) is 30.0. The van der Waals surface area contributed by atoms with E-state index in [0.29, 0.717) is 10.5 Å². The Morgan fingerprint density at radius 1 is 1.25 bits per heavy atom. The third kappa shape index (κ3) is 3.22. The average Bonchev–Trinajstić information content (AvgIpc) is 2.85. The second-order valence-corrected chi connectivity index (χ2v) is 6.67. The standard InChI is InChI=1S/C17H12N2O3S2/c20-15-13(9-11-5-4-8-18-10-11)24-17(23)19(15)14(16(21)22)12-6-2-1-3-7-12/h1-10,14H,(H,21,22)/b13-9-/t14-/m0/s1. The van der Waals surface area contributed by atoms with Crippen LogP contribution in [0.1, 0.15) is 17.2 Å². The van der Waals surface area contributed by atoms with Crippen LogP contribution < -0.4 is 0 Å². The van der Waals surface area contributed by atoms with E-state index in [2.05, 4.69) is 4.98 Å². The van der Waals surface area contributed by atoms with Gasteiger partial charge in [0, 0.05) is 12.4 Å². The molecule has 0 unspecified atom stereocenters. The molecular formula is C17H12N2O3S2. The number of benzene rings is 1. The third-order valence-electron chi connectivity index (χ3n) is 3.41. The molecule has 1 aliphatic heterocycles. The second kappa shape index (κ2) is 6.94. The molecule has 2 aromatic rings. The van der Waals surface area contributed by atoms with Crippen molar-refractivity contribution in [3.05, 3.63) is 70.9 Å². The van der Waals surface area contributed by atoms with Crippen LogP contribution in [0.15, 0.2) is 59.8 Å². The molecule has 1 aromatic carbocycles. The summed E-state index contributed by atoms with van der Waals surface area (Å²) in [6, 6.07) is 11.0. The lowest BCUT2D eigenvalue weighted by Gasteiger charge is -2.23. The summed E-state index contributed by atoms with van der Waals surface area (Å²) in [6.45, 7) is 0. The number of carbonyl (C=O) groups is 2. The van der Waals surface area contributed by atoms with Crippen LogP contribution in [-0.4, -0.2) is 31.2 Å². The lowest BCUT2D eigenvalue weighted by molar-refractivity contribution is -0.145. The van der Waals surface area contributed by atoms with Crippen LogP contribution >= 0.6 is 24.0 Å². The zero-order valence-corrected chi connectivity index (χ0v) is 14.0. The zero-order chi connectivity index (χ0) is 17.1. The van der Waals surface area contributed by atoms with Crippen molar-refractivity contribution in [2.24, 2.45) is 0 Å². The maximum absolute atomic E-state index is 12.7. The molecule has 0 radical (unpaired) electrons. The Hall–Kier alpha value is -2.51.